The quantitative estimate of drug-likeness (QED) is 0.854. The first-order valence-corrected chi connectivity index (χ1v) is 8.01. The molecule has 3 heterocycles. The van der Waals surface area contributed by atoms with Crippen LogP contribution in [0, 0.1) is 6.92 Å². The van der Waals surface area contributed by atoms with Gasteiger partial charge in [-0.3, -0.25) is 4.90 Å². The molecule has 0 amide bonds. The lowest BCUT2D eigenvalue weighted by atomic mass is 9.90. The number of fused-ring (bicyclic) bond motifs is 1. The largest absolute Gasteiger partial charge is 0.486 e. The maximum absolute atomic E-state index is 6.39. The topological polar surface area (TPSA) is 38.2 Å². The molecule has 1 atom stereocenters. The van der Waals surface area contributed by atoms with Gasteiger partial charge in [-0.05, 0) is 43.5 Å². The van der Waals surface area contributed by atoms with Crippen molar-refractivity contribution in [3.8, 4) is 5.75 Å². The molecule has 0 N–H and O–H groups in total. The lowest BCUT2D eigenvalue weighted by Crippen LogP contribution is -2.42. The van der Waals surface area contributed by atoms with Gasteiger partial charge in [0.05, 0.1) is 11.4 Å². The monoisotopic (exact) mass is 295 g/mol. The summed E-state index contributed by atoms with van der Waals surface area (Å²) in [5.41, 5.74) is 3.34. The molecule has 0 saturated carbocycles. The molecule has 1 aromatic heterocycles. The molecule has 4 nitrogen and oxygen atoms in total. The number of hydrogen-bond acceptors (Lipinski definition) is 4. The summed E-state index contributed by atoms with van der Waals surface area (Å²) < 4.78 is 6.39. The van der Waals surface area contributed by atoms with Gasteiger partial charge in [-0.2, -0.15) is 10.2 Å². The second-order valence-electron chi connectivity index (χ2n) is 6.52. The van der Waals surface area contributed by atoms with Crippen LogP contribution in [0.5, 0.6) is 5.75 Å². The molecule has 2 aromatic rings. The van der Waals surface area contributed by atoms with E-state index in [1.165, 1.54) is 5.56 Å². The molecule has 0 bridgehead atoms. The zero-order valence-corrected chi connectivity index (χ0v) is 13.0. The van der Waals surface area contributed by atoms with Crippen molar-refractivity contribution >= 4 is 0 Å². The van der Waals surface area contributed by atoms with Crippen LogP contribution in [0.3, 0.4) is 0 Å². The lowest BCUT2D eigenvalue weighted by Gasteiger charge is -2.35. The van der Waals surface area contributed by atoms with E-state index in [9.17, 15) is 0 Å². The van der Waals surface area contributed by atoms with Crippen LogP contribution in [0.15, 0.2) is 36.4 Å². The highest BCUT2D eigenvalue weighted by molar-refractivity contribution is 5.36. The Hall–Kier alpha value is -1.94. The first kappa shape index (κ1) is 13.7. The second kappa shape index (κ2) is 5.36. The van der Waals surface area contributed by atoms with E-state index in [-0.39, 0.29) is 5.60 Å². The van der Waals surface area contributed by atoms with E-state index in [0.29, 0.717) is 0 Å². The lowest BCUT2D eigenvalue weighted by molar-refractivity contribution is 0.0535. The maximum atomic E-state index is 6.39. The van der Waals surface area contributed by atoms with Crippen molar-refractivity contribution in [1.82, 2.24) is 15.1 Å². The fourth-order valence-corrected chi connectivity index (χ4v) is 3.55. The van der Waals surface area contributed by atoms with Gasteiger partial charge >= 0.3 is 0 Å². The average Bonchev–Trinajstić information content (AvgIpc) is 2.92. The Kier molecular flexibility index (Phi) is 3.34. The molecule has 0 radical (unpaired) electrons. The third-order valence-corrected chi connectivity index (χ3v) is 4.78. The van der Waals surface area contributed by atoms with E-state index in [1.807, 2.05) is 13.0 Å². The number of aromatic nitrogens is 2. The average molecular weight is 295 g/mol. The Bertz CT molecular complexity index is 670. The molecule has 0 aliphatic carbocycles. The summed E-state index contributed by atoms with van der Waals surface area (Å²) in [5, 5.41) is 8.43. The van der Waals surface area contributed by atoms with Crippen LogP contribution < -0.4 is 4.74 Å². The highest BCUT2D eigenvalue weighted by Gasteiger charge is 2.42. The van der Waals surface area contributed by atoms with Crippen LogP contribution in [-0.4, -0.2) is 33.8 Å². The van der Waals surface area contributed by atoms with Crippen molar-refractivity contribution < 1.29 is 4.74 Å². The van der Waals surface area contributed by atoms with Gasteiger partial charge in [-0.25, -0.2) is 0 Å². The van der Waals surface area contributed by atoms with Crippen LogP contribution >= 0.6 is 0 Å². The minimum absolute atomic E-state index is 0.00746. The number of hydrogen-bond donors (Lipinski definition) is 0. The summed E-state index contributed by atoms with van der Waals surface area (Å²) in [5.74, 6) is 1.07. The van der Waals surface area contributed by atoms with Gasteiger partial charge in [0.25, 0.3) is 0 Å². The summed E-state index contributed by atoms with van der Waals surface area (Å²) >= 11 is 0. The predicted molar refractivity (Wildman–Crippen MR) is 84.8 cm³/mol. The van der Waals surface area contributed by atoms with E-state index in [4.69, 9.17) is 4.74 Å². The number of benzene rings is 1. The first-order valence-electron chi connectivity index (χ1n) is 8.01. The van der Waals surface area contributed by atoms with Gasteiger partial charge in [0.2, 0.25) is 0 Å². The van der Waals surface area contributed by atoms with Gasteiger partial charge in [-0.1, -0.05) is 18.2 Å². The molecule has 4 heteroatoms. The van der Waals surface area contributed by atoms with Crippen molar-refractivity contribution in [2.75, 3.05) is 13.1 Å². The first-order chi connectivity index (χ1) is 10.7. The molecular formula is C18H21N3O. The SMILES string of the molecule is Cc1ccc(CN2CCC3(CCc4ccccc4O3)C2)nn1. The summed E-state index contributed by atoms with van der Waals surface area (Å²) in [4.78, 5) is 2.44. The van der Waals surface area contributed by atoms with Crippen LogP contribution in [0.1, 0.15) is 29.8 Å². The number of rotatable bonds is 2. The van der Waals surface area contributed by atoms with E-state index in [0.717, 1.165) is 56.0 Å². The van der Waals surface area contributed by atoms with E-state index in [2.05, 4.69) is 45.4 Å². The van der Waals surface area contributed by atoms with Crippen molar-refractivity contribution in [2.45, 2.75) is 38.3 Å². The van der Waals surface area contributed by atoms with Crippen LogP contribution in [0.2, 0.25) is 0 Å². The molecule has 2 aliphatic rings. The zero-order valence-electron chi connectivity index (χ0n) is 13.0. The number of ether oxygens (including phenoxy) is 1. The highest BCUT2D eigenvalue weighted by Crippen LogP contribution is 2.38. The third kappa shape index (κ3) is 2.59. The minimum Gasteiger partial charge on any atom is -0.486 e. The van der Waals surface area contributed by atoms with Gasteiger partial charge in [-0.15, -0.1) is 0 Å². The Labute approximate surface area is 131 Å². The number of para-hydroxylation sites is 1. The zero-order chi connectivity index (χ0) is 15.0. The smallest absolute Gasteiger partial charge is 0.123 e. The summed E-state index contributed by atoms with van der Waals surface area (Å²) in [6, 6.07) is 12.5. The Morgan fingerprint density at radius 3 is 2.91 bits per heavy atom. The van der Waals surface area contributed by atoms with Crippen molar-refractivity contribution in [3.63, 3.8) is 0 Å². The summed E-state index contributed by atoms with van der Waals surface area (Å²) in [6.45, 7) is 4.88. The third-order valence-electron chi connectivity index (χ3n) is 4.78. The number of likely N-dealkylation sites (tertiary alicyclic amines) is 1. The van der Waals surface area contributed by atoms with Gasteiger partial charge in [0, 0.05) is 26.1 Å². The molecule has 4 rings (SSSR count). The molecule has 1 aromatic carbocycles. The Morgan fingerprint density at radius 2 is 2.05 bits per heavy atom. The van der Waals surface area contributed by atoms with Crippen LogP contribution in [0.25, 0.3) is 0 Å². The van der Waals surface area contributed by atoms with Crippen LogP contribution in [0.4, 0.5) is 0 Å². The Balaban J connectivity index is 1.45. The van der Waals surface area contributed by atoms with Crippen molar-refractivity contribution in [3.05, 3.63) is 53.3 Å². The predicted octanol–water partition coefficient (Wildman–Crippen LogP) is 2.75. The fraction of sp³-hybridized carbons (Fsp3) is 0.444. The molecule has 2 aliphatic heterocycles. The molecule has 1 fully saturated rings. The number of aryl methyl sites for hydroxylation is 2. The standard InChI is InChI=1S/C18H21N3O/c1-14-6-7-16(20-19-14)12-21-11-10-18(13-21)9-8-15-4-2-3-5-17(15)22-18/h2-7H,8-13H2,1H3. The maximum Gasteiger partial charge on any atom is 0.123 e. The van der Waals surface area contributed by atoms with E-state index < -0.39 is 0 Å². The second-order valence-corrected chi connectivity index (χ2v) is 6.52. The van der Waals surface area contributed by atoms with Gasteiger partial charge < -0.3 is 4.74 Å². The van der Waals surface area contributed by atoms with Crippen LogP contribution in [-0.2, 0) is 13.0 Å². The fourth-order valence-electron chi connectivity index (χ4n) is 3.55. The number of nitrogens with zero attached hydrogens (tertiary/aromatic N) is 3. The van der Waals surface area contributed by atoms with Gasteiger partial charge in [0.1, 0.15) is 11.4 Å². The highest BCUT2D eigenvalue weighted by atomic mass is 16.5. The normalized spacial score (nSPS) is 24.2. The Morgan fingerprint density at radius 1 is 1.14 bits per heavy atom. The molecule has 1 saturated heterocycles. The minimum atomic E-state index is -0.00746. The van der Waals surface area contributed by atoms with Gasteiger partial charge in [0.15, 0.2) is 0 Å². The molecule has 22 heavy (non-hydrogen) atoms. The van der Waals surface area contributed by atoms with E-state index in [1.54, 1.807) is 0 Å². The van der Waals surface area contributed by atoms with Crippen molar-refractivity contribution in [1.29, 1.82) is 0 Å². The molecule has 1 spiro atoms. The molecular weight excluding hydrogens is 274 g/mol. The van der Waals surface area contributed by atoms with Crippen molar-refractivity contribution in [2.24, 2.45) is 0 Å². The molecule has 114 valence electrons. The summed E-state index contributed by atoms with van der Waals surface area (Å²) in [7, 11) is 0. The molecule has 1 unspecified atom stereocenters. The summed E-state index contributed by atoms with van der Waals surface area (Å²) in [6.07, 6.45) is 3.33. The van der Waals surface area contributed by atoms with E-state index >= 15 is 0 Å².